The van der Waals surface area contributed by atoms with E-state index in [1.165, 1.54) is 18.2 Å². The molecule has 0 amide bonds. The highest BCUT2D eigenvalue weighted by atomic mass is 79.9. The Morgan fingerprint density at radius 1 is 1.05 bits per heavy atom. The molecule has 1 unspecified atom stereocenters. The summed E-state index contributed by atoms with van der Waals surface area (Å²) >= 11 is 3.15. The van der Waals surface area contributed by atoms with Crippen LogP contribution in [0.1, 0.15) is 31.0 Å². The van der Waals surface area contributed by atoms with E-state index in [-0.39, 0.29) is 17.7 Å². The maximum atomic E-state index is 13.5. The summed E-state index contributed by atoms with van der Waals surface area (Å²) in [6.45, 7) is 4.76. The lowest BCUT2D eigenvalue weighted by atomic mass is 9.95. The average molecular weight is 354 g/mol. The zero-order chi connectivity index (χ0) is 15.4. The van der Waals surface area contributed by atoms with Gasteiger partial charge in [0.1, 0.15) is 11.6 Å². The molecule has 1 atom stereocenters. The van der Waals surface area contributed by atoms with Crippen molar-refractivity contribution in [1.29, 1.82) is 0 Å². The Hall–Kier alpha value is -1.26. The molecule has 0 radical (unpaired) electrons. The smallest absolute Gasteiger partial charge is 0.137 e. The van der Waals surface area contributed by atoms with Gasteiger partial charge in [-0.2, -0.15) is 0 Å². The zero-order valence-electron chi connectivity index (χ0n) is 12.0. The fourth-order valence-corrected chi connectivity index (χ4v) is 2.53. The van der Waals surface area contributed by atoms with Crippen molar-refractivity contribution in [3.05, 3.63) is 69.7 Å². The van der Waals surface area contributed by atoms with Crippen molar-refractivity contribution in [2.75, 3.05) is 0 Å². The summed E-state index contributed by atoms with van der Waals surface area (Å²) in [5, 5.41) is 3.41. The molecule has 1 nitrogen and oxygen atoms in total. The molecule has 0 heterocycles. The SMILES string of the molecule is CC(C)C(NCc1ccc(Br)c(F)c1)c1ccc(F)cc1. The van der Waals surface area contributed by atoms with E-state index in [0.29, 0.717) is 16.9 Å². The normalized spacial score (nSPS) is 12.7. The van der Waals surface area contributed by atoms with Gasteiger partial charge >= 0.3 is 0 Å². The molecule has 0 saturated carbocycles. The Bertz CT molecular complexity index is 596. The molecule has 1 N–H and O–H groups in total. The van der Waals surface area contributed by atoms with Crippen molar-refractivity contribution in [1.82, 2.24) is 5.32 Å². The lowest BCUT2D eigenvalue weighted by Gasteiger charge is -2.23. The number of hydrogen-bond acceptors (Lipinski definition) is 1. The van der Waals surface area contributed by atoms with Crippen LogP contribution in [0.4, 0.5) is 8.78 Å². The Balaban J connectivity index is 2.09. The maximum Gasteiger partial charge on any atom is 0.137 e. The standard InChI is InChI=1S/C17H18BrF2N/c1-11(2)17(13-4-6-14(19)7-5-13)21-10-12-3-8-15(18)16(20)9-12/h3-9,11,17,21H,10H2,1-2H3. The first kappa shape index (κ1) is 16.1. The lowest BCUT2D eigenvalue weighted by molar-refractivity contribution is 0.409. The second kappa shape index (κ2) is 7.14. The first-order valence-corrected chi connectivity index (χ1v) is 7.69. The first-order valence-electron chi connectivity index (χ1n) is 6.90. The molecule has 0 spiro atoms. The van der Waals surface area contributed by atoms with Crippen molar-refractivity contribution in [3.8, 4) is 0 Å². The zero-order valence-corrected chi connectivity index (χ0v) is 13.6. The number of halogens is 3. The van der Waals surface area contributed by atoms with Crippen LogP contribution in [0, 0.1) is 17.6 Å². The van der Waals surface area contributed by atoms with E-state index in [9.17, 15) is 8.78 Å². The fourth-order valence-electron chi connectivity index (χ4n) is 2.29. The van der Waals surface area contributed by atoms with Gasteiger partial charge in [0.15, 0.2) is 0 Å². The van der Waals surface area contributed by atoms with Crippen LogP contribution < -0.4 is 5.32 Å². The van der Waals surface area contributed by atoms with E-state index < -0.39 is 0 Å². The topological polar surface area (TPSA) is 12.0 Å². The van der Waals surface area contributed by atoms with Crippen LogP contribution in [0.25, 0.3) is 0 Å². The van der Waals surface area contributed by atoms with Crippen LogP contribution >= 0.6 is 15.9 Å². The van der Waals surface area contributed by atoms with E-state index in [4.69, 9.17) is 0 Å². The van der Waals surface area contributed by atoms with E-state index in [1.807, 2.05) is 6.07 Å². The third-order valence-electron chi connectivity index (χ3n) is 3.41. The third kappa shape index (κ3) is 4.35. The van der Waals surface area contributed by atoms with Crippen molar-refractivity contribution in [3.63, 3.8) is 0 Å². The quantitative estimate of drug-likeness (QED) is 0.777. The van der Waals surface area contributed by atoms with Gasteiger partial charge in [0.2, 0.25) is 0 Å². The van der Waals surface area contributed by atoms with E-state index in [0.717, 1.165) is 11.1 Å². The summed E-state index contributed by atoms with van der Waals surface area (Å²) in [5.41, 5.74) is 1.91. The van der Waals surface area contributed by atoms with Crippen LogP contribution in [-0.4, -0.2) is 0 Å². The second-order valence-electron chi connectivity index (χ2n) is 5.40. The lowest BCUT2D eigenvalue weighted by Crippen LogP contribution is -2.25. The summed E-state index contributed by atoms with van der Waals surface area (Å²) in [6.07, 6.45) is 0. The minimum Gasteiger partial charge on any atom is -0.306 e. The van der Waals surface area contributed by atoms with Crippen LogP contribution in [0.3, 0.4) is 0 Å². The minimum atomic E-state index is -0.267. The Morgan fingerprint density at radius 3 is 2.29 bits per heavy atom. The molecule has 4 heteroatoms. The van der Waals surface area contributed by atoms with Gasteiger partial charge in [-0.1, -0.05) is 32.0 Å². The number of rotatable bonds is 5. The molecule has 2 aromatic carbocycles. The summed E-state index contributed by atoms with van der Waals surface area (Å²) in [7, 11) is 0. The molecule has 0 saturated heterocycles. The highest BCUT2D eigenvalue weighted by molar-refractivity contribution is 9.10. The molecule has 0 aliphatic heterocycles. The maximum absolute atomic E-state index is 13.5. The van der Waals surface area contributed by atoms with Gasteiger partial charge in [-0.15, -0.1) is 0 Å². The Kier molecular flexibility index (Phi) is 5.48. The van der Waals surface area contributed by atoms with Gasteiger partial charge in [-0.05, 0) is 57.2 Å². The summed E-state index contributed by atoms with van der Waals surface area (Å²) < 4.78 is 27.0. The molecule has 0 aliphatic rings. The molecule has 0 bridgehead atoms. The predicted octanol–water partition coefficient (Wildman–Crippen LogP) is 5.21. The van der Waals surface area contributed by atoms with E-state index in [1.54, 1.807) is 18.2 Å². The summed E-state index contributed by atoms with van der Waals surface area (Å²) in [6, 6.07) is 11.7. The molecule has 112 valence electrons. The van der Waals surface area contributed by atoms with Crippen LogP contribution in [0.5, 0.6) is 0 Å². The summed E-state index contributed by atoms with van der Waals surface area (Å²) in [5.74, 6) is -0.163. The molecule has 0 aromatic heterocycles. The fraction of sp³-hybridized carbons (Fsp3) is 0.294. The van der Waals surface area contributed by atoms with Gasteiger partial charge in [0.25, 0.3) is 0 Å². The monoisotopic (exact) mass is 353 g/mol. The van der Waals surface area contributed by atoms with Gasteiger partial charge in [-0.3, -0.25) is 0 Å². The van der Waals surface area contributed by atoms with Crippen LogP contribution in [0.15, 0.2) is 46.9 Å². The number of nitrogens with one attached hydrogen (secondary N) is 1. The number of benzene rings is 2. The highest BCUT2D eigenvalue weighted by Gasteiger charge is 2.15. The van der Waals surface area contributed by atoms with Crippen molar-refractivity contribution < 1.29 is 8.78 Å². The van der Waals surface area contributed by atoms with E-state index in [2.05, 4.69) is 35.1 Å². The largest absolute Gasteiger partial charge is 0.306 e. The van der Waals surface area contributed by atoms with Crippen molar-refractivity contribution >= 4 is 15.9 Å². The van der Waals surface area contributed by atoms with Gasteiger partial charge in [0, 0.05) is 12.6 Å². The van der Waals surface area contributed by atoms with Gasteiger partial charge in [-0.25, -0.2) is 8.78 Å². The molecule has 21 heavy (non-hydrogen) atoms. The molecule has 2 aromatic rings. The first-order chi connectivity index (χ1) is 9.97. The van der Waals surface area contributed by atoms with E-state index >= 15 is 0 Å². The summed E-state index contributed by atoms with van der Waals surface area (Å²) in [4.78, 5) is 0. The molecule has 0 aliphatic carbocycles. The molecule has 2 rings (SSSR count). The number of hydrogen-bond donors (Lipinski definition) is 1. The van der Waals surface area contributed by atoms with Gasteiger partial charge < -0.3 is 5.32 Å². The minimum absolute atomic E-state index is 0.0947. The second-order valence-corrected chi connectivity index (χ2v) is 6.26. The molecular weight excluding hydrogens is 336 g/mol. The van der Waals surface area contributed by atoms with Crippen LogP contribution in [-0.2, 0) is 6.54 Å². The third-order valence-corrected chi connectivity index (χ3v) is 4.05. The van der Waals surface area contributed by atoms with Gasteiger partial charge in [0.05, 0.1) is 4.47 Å². The Labute approximate surface area is 132 Å². The van der Waals surface area contributed by atoms with Crippen molar-refractivity contribution in [2.24, 2.45) is 5.92 Å². The van der Waals surface area contributed by atoms with Crippen LogP contribution in [0.2, 0.25) is 0 Å². The predicted molar refractivity (Wildman–Crippen MR) is 84.9 cm³/mol. The average Bonchev–Trinajstić information content (AvgIpc) is 2.44. The van der Waals surface area contributed by atoms with Crippen molar-refractivity contribution in [2.45, 2.75) is 26.4 Å². The highest BCUT2D eigenvalue weighted by Crippen LogP contribution is 2.23. The molecular formula is C17H18BrF2N. The Morgan fingerprint density at radius 2 is 1.71 bits per heavy atom. The molecule has 0 fully saturated rings.